The standard InChI is InChI=1S/C23H24N4O4.C21H21N5O3.H3N/c1-2-29-23(28)18-13-27-11-10-26(14-21(27)25-18)12-16-5-7-17(8-6-16)20-15-30-19-4-3-9-24-22(19)31-20;22-20(27)16-11-26-9-8-25(12-19(26)24-16)10-14-3-5-15(6-4-14)18-13-28-17-2-1-7-23-21(17)29-18;/h3-9,13,20H,2,10-12,14-15H2,1H3;1-7,11,18H,8-10,12-13H2,(H2,22,27);1H3/t20-;18-;/m11./s1. The number of amides is 1. The Bertz CT molecular complexity index is 2470. The minimum Gasteiger partial charge on any atom is -0.484 e. The van der Waals surface area contributed by atoms with Crippen molar-refractivity contribution >= 4 is 11.9 Å². The molecule has 4 aromatic heterocycles. The maximum atomic E-state index is 11.9. The first kappa shape index (κ1) is 40.9. The van der Waals surface area contributed by atoms with Crippen molar-refractivity contribution in [2.75, 3.05) is 32.9 Å². The number of ether oxygens (including phenoxy) is 5. The van der Waals surface area contributed by atoms with Crippen LogP contribution in [0.15, 0.2) is 97.6 Å². The van der Waals surface area contributed by atoms with Gasteiger partial charge in [0.25, 0.3) is 17.7 Å². The minimum atomic E-state index is -0.485. The summed E-state index contributed by atoms with van der Waals surface area (Å²) in [5.41, 5.74) is 10.6. The highest BCUT2D eigenvalue weighted by Crippen LogP contribution is 2.35. The summed E-state index contributed by atoms with van der Waals surface area (Å²) in [4.78, 5) is 45.2. The second-order valence-corrected chi connectivity index (χ2v) is 14.9. The number of esters is 1. The zero-order valence-electron chi connectivity index (χ0n) is 33.9. The van der Waals surface area contributed by atoms with Crippen LogP contribution in [0, 0.1) is 0 Å². The SMILES string of the molecule is CCOC(=O)c1cn2c(n1)CN(Cc1ccc([C@H]3COc4cccnc4O3)cc1)CC2.N.NC(=O)c1cn2c(n1)CN(Cc1ccc([C@H]3COc4cccnc4O3)cc1)CC2. The number of nitrogens with two attached hydrogens (primary N) is 1. The molecule has 0 bridgehead atoms. The normalized spacial score (nSPS) is 17.7. The lowest BCUT2D eigenvalue weighted by Crippen LogP contribution is -2.33. The van der Waals surface area contributed by atoms with Crippen molar-refractivity contribution < 1.29 is 33.3 Å². The number of rotatable bonds is 9. The average molecular weight is 829 g/mol. The van der Waals surface area contributed by atoms with Crippen molar-refractivity contribution in [1.82, 2.24) is 45.0 Å². The van der Waals surface area contributed by atoms with Gasteiger partial charge in [0, 0.05) is 64.1 Å². The first-order valence-electron chi connectivity index (χ1n) is 20.1. The summed E-state index contributed by atoms with van der Waals surface area (Å²) < 4.78 is 32.6. The summed E-state index contributed by atoms with van der Waals surface area (Å²) in [5.74, 6) is 3.36. The molecule has 0 saturated heterocycles. The lowest BCUT2D eigenvalue weighted by Gasteiger charge is -2.28. The van der Waals surface area contributed by atoms with E-state index in [1.54, 1.807) is 31.7 Å². The van der Waals surface area contributed by atoms with Gasteiger partial charge in [-0.1, -0.05) is 48.5 Å². The van der Waals surface area contributed by atoms with Gasteiger partial charge in [0.15, 0.2) is 29.4 Å². The van der Waals surface area contributed by atoms with Gasteiger partial charge in [-0.05, 0) is 53.4 Å². The van der Waals surface area contributed by atoms with Gasteiger partial charge >= 0.3 is 5.97 Å². The zero-order chi connectivity index (χ0) is 41.0. The molecule has 0 unspecified atom stereocenters. The third-order valence-corrected chi connectivity index (χ3v) is 10.8. The van der Waals surface area contributed by atoms with Crippen molar-refractivity contribution in [2.24, 2.45) is 5.73 Å². The zero-order valence-corrected chi connectivity index (χ0v) is 33.9. The first-order chi connectivity index (χ1) is 29.3. The molecule has 17 nitrogen and oxygen atoms in total. The number of aromatic nitrogens is 6. The van der Waals surface area contributed by atoms with Gasteiger partial charge in [-0.2, -0.15) is 0 Å². The highest BCUT2D eigenvalue weighted by Gasteiger charge is 2.26. The predicted molar refractivity (Wildman–Crippen MR) is 221 cm³/mol. The van der Waals surface area contributed by atoms with E-state index >= 15 is 0 Å². The monoisotopic (exact) mass is 828 g/mol. The van der Waals surface area contributed by atoms with Crippen LogP contribution in [-0.4, -0.2) is 83.7 Å². The molecule has 17 heteroatoms. The third-order valence-electron chi connectivity index (χ3n) is 10.8. The van der Waals surface area contributed by atoms with E-state index in [4.69, 9.17) is 29.4 Å². The second kappa shape index (κ2) is 18.2. The van der Waals surface area contributed by atoms with Gasteiger partial charge in [0.2, 0.25) is 0 Å². The molecule has 1 amide bonds. The van der Waals surface area contributed by atoms with Crippen LogP contribution < -0.4 is 30.8 Å². The summed E-state index contributed by atoms with van der Waals surface area (Å²) in [6, 6.07) is 24.2. The molecule has 5 N–H and O–H groups in total. The Hall–Kier alpha value is -6.82. The Morgan fingerprint density at radius 3 is 1.64 bits per heavy atom. The van der Waals surface area contributed by atoms with Crippen molar-refractivity contribution in [3.8, 4) is 23.3 Å². The van der Waals surface area contributed by atoms with E-state index in [1.807, 2.05) is 33.4 Å². The van der Waals surface area contributed by atoms with Crippen LogP contribution in [-0.2, 0) is 44.0 Å². The van der Waals surface area contributed by atoms with Gasteiger partial charge in [0.05, 0.1) is 19.7 Å². The molecule has 2 aromatic carbocycles. The highest BCUT2D eigenvalue weighted by atomic mass is 16.6. The number of benzene rings is 2. The molecule has 0 aliphatic carbocycles. The molecular weight excluding hydrogens is 781 g/mol. The summed E-state index contributed by atoms with van der Waals surface area (Å²) in [6.45, 7) is 9.49. The number of primary amides is 1. The largest absolute Gasteiger partial charge is 0.484 e. The number of hydrogen-bond donors (Lipinski definition) is 2. The van der Waals surface area contributed by atoms with Gasteiger partial charge < -0.3 is 44.7 Å². The van der Waals surface area contributed by atoms with Crippen LogP contribution in [0.4, 0.5) is 0 Å². The second-order valence-electron chi connectivity index (χ2n) is 14.9. The Balaban J connectivity index is 0.000000166. The molecule has 4 aliphatic rings. The fraction of sp³-hybridized carbons (Fsp3) is 0.318. The van der Waals surface area contributed by atoms with E-state index in [-0.39, 0.29) is 24.3 Å². The van der Waals surface area contributed by atoms with Crippen LogP contribution in [0.3, 0.4) is 0 Å². The van der Waals surface area contributed by atoms with Gasteiger partial charge in [-0.15, -0.1) is 0 Å². The van der Waals surface area contributed by atoms with E-state index in [0.29, 0.717) is 67.6 Å². The maximum absolute atomic E-state index is 11.9. The van der Waals surface area contributed by atoms with Crippen LogP contribution >= 0.6 is 0 Å². The number of nitrogens with zero attached hydrogens (tertiary/aromatic N) is 8. The van der Waals surface area contributed by atoms with Crippen LogP contribution in [0.2, 0.25) is 0 Å². The summed E-state index contributed by atoms with van der Waals surface area (Å²) >= 11 is 0. The summed E-state index contributed by atoms with van der Waals surface area (Å²) in [5, 5.41) is 0. The Morgan fingerprint density at radius 1 is 0.689 bits per heavy atom. The van der Waals surface area contributed by atoms with E-state index in [0.717, 1.165) is 62.0 Å². The van der Waals surface area contributed by atoms with E-state index < -0.39 is 5.91 Å². The van der Waals surface area contributed by atoms with Crippen molar-refractivity contribution in [3.63, 3.8) is 0 Å². The molecule has 0 saturated carbocycles. The van der Waals surface area contributed by atoms with Gasteiger partial charge in [0.1, 0.15) is 30.6 Å². The lowest BCUT2D eigenvalue weighted by atomic mass is 10.1. The molecule has 61 heavy (non-hydrogen) atoms. The summed E-state index contributed by atoms with van der Waals surface area (Å²) in [7, 11) is 0. The molecule has 6 aromatic rings. The molecule has 0 spiro atoms. The molecule has 316 valence electrons. The number of carbonyl (C=O) groups is 2. The molecule has 10 rings (SSSR count). The van der Waals surface area contributed by atoms with Crippen LogP contribution in [0.25, 0.3) is 0 Å². The fourth-order valence-corrected chi connectivity index (χ4v) is 7.63. The molecule has 2 atom stereocenters. The number of hydrogen-bond acceptors (Lipinski definition) is 14. The van der Waals surface area contributed by atoms with E-state index in [1.165, 1.54) is 11.1 Å². The van der Waals surface area contributed by atoms with Crippen LogP contribution in [0.1, 0.15) is 74.0 Å². The fourth-order valence-electron chi connectivity index (χ4n) is 7.63. The quantitative estimate of drug-likeness (QED) is 0.183. The Morgan fingerprint density at radius 2 is 1.16 bits per heavy atom. The van der Waals surface area contributed by atoms with Gasteiger partial charge in [-0.3, -0.25) is 14.6 Å². The Kier molecular flexibility index (Phi) is 12.2. The van der Waals surface area contributed by atoms with Crippen molar-refractivity contribution in [2.45, 2.75) is 58.4 Å². The average Bonchev–Trinajstić information content (AvgIpc) is 3.92. The predicted octanol–water partition coefficient (Wildman–Crippen LogP) is 5.05. The molecule has 8 heterocycles. The number of fused-ring (bicyclic) bond motifs is 4. The van der Waals surface area contributed by atoms with Crippen molar-refractivity contribution in [3.05, 3.63) is 143 Å². The van der Waals surface area contributed by atoms with E-state index in [9.17, 15) is 9.59 Å². The molecular formula is C44H48N10O7. The lowest BCUT2D eigenvalue weighted by molar-refractivity contribution is 0.0519. The van der Waals surface area contributed by atoms with Crippen LogP contribution in [0.5, 0.6) is 23.3 Å². The topological polar surface area (TPSA) is 209 Å². The number of pyridine rings is 2. The highest BCUT2D eigenvalue weighted by molar-refractivity contribution is 5.90. The van der Waals surface area contributed by atoms with E-state index in [2.05, 4.69) is 78.3 Å². The van der Waals surface area contributed by atoms with Gasteiger partial charge in [-0.25, -0.2) is 24.7 Å². The number of carbonyl (C=O) groups excluding carboxylic acids is 2. The maximum Gasteiger partial charge on any atom is 0.358 e. The molecule has 0 fully saturated rings. The summed E-state index contributed by atoms with van der Waals surface area (Å²) in [6.07, 6.45) is 6.60. The first-order valence-corrected chi connectivity index (χ1v) is 20.1. The smallest absolute Gasteiger partial charge is 0.358 e. The minimum absolute atomic E-state index is 0. The number of imidazole rings is 2. The van der Waals surface area contributed by atoms with Crippen molar-refractivity contribution in [1.29, 1.82) is 0 Å². The third kappa shape index (κ3) is 9.33. The Labute approximate surface area is 352 Å². The molecule has 4 aliphatic heterocycles. The molecule has 0 radical (unpaired) electrons.